The molecule has 4 aromatic carbocycles. The average molecular weight is 477 g/mol. The van der Waals surface area contributed by atoms with E-state index in [1.54, 1.807) is 0 Å². The van der Waals surface area contributed by atoms with Crippen LogP contribution in [0.3, 0.4) is 0 Å². The van der Waals surface area contributed by atoms with Crippen LogP contribution in [0.5, 0.6) is 17.2 Å². The van der Waals surface area contributed by atoms with Crippen molar-refractivity contribution in [2.45, 2.75) is 33.2 Å². The second-order valence-corrected chi connectivity index (χ2v) is 8.57. The fourth-order valence-electron chi connectivity index (χ4n) is 3.67. The first kappa shape index (κ1) is 24.9. The molecule has 0 aliphatic carbocycles. The summed E-state index contributed by atoms with van der Waals surface area (Å²) in [4.78, 5) is 0. The number of hydrogen-bond acceptors (Lipinski definition) is 3. The molecule has 0 heterocycles. The Kier molecular flexibility index (Phi) is 8.61. The Hall–Kier alpha value is -4.24. The van der Waals surface area contributed by atoms with Gasteiger partial charge in [0.05, 0.1) is 0 Å². The monoisotopic (exact) mass is 476 g/mol. The molecule has 0 aromatic heterocycles. The van der Waals surface area contributed by atoms with Gasteiger partial charge < -0.3 is 14.2 Å². The molecular weight excluding hydrogens is 444 g/mol. The molecule has 0 aliphatic heterocycles. The number of hydrogen-bond donors (Lipinski definition) is 0. The summed E-state index contributed by atoms with van der Waals surface area (Å²) in [6, 6.07) is 30.5. The summed E-state index contributed by atoms with van der Waals surface area (Å²) in [6.45, 7) is 11.1. The van der Waals surface area contributed by atoms with Gasteiger partial charge in [-0.15, -0.1) is 0 Å². The molecule has 0 spiro atoms. The van der Waals surface area contributed by atoms with Gasteiger partial charge in [0.1, 0.15) is 37.1 Å². The average Bonchev–Trinajstić information content (AvgIpc) is 2.94. The Morgan fingerprint density at radius 3 is 1.11 bits per heavy atom. The van der Waals surface area contributed by atoms with Crippen LogP contribution in [0, 0.1) is 0 Å². The molecule has 4 aromatic rings. The third-order valence-electron chi connectivity index (χ3n) is 5.93. The van der Waals surface area contributed by atoms with Gasteiger partial charge in [-0.2, -0.15) is 0 Å². The van der Waals surface area contributed by atoms with Crippen LogP contribution >= 0.6 is 0 Å². The Labute approximate surface area is 214 Å². The van der Waals surface area contributed by atoms with Gasteiger partial charge in [0.25, 0.3) is 0 Å². The minimum Gasteiger partial charge on any atom is -0.489 e. The van der Waals surface area contributed by atoms with E-state index in [9.17, 15) is 0 Å². The lowest BCUT2D eigenvalue weighted by atomic mass is 10.1. The summed E-state index contributed by atoms with van der Waals surface area (Å²) in [5, 5.41) is 0. The highest BCUT2D eigenvalue weighted by Gasteiger charge is 2.07. The summed E-state index contributed by atoms with van der Waals surface area (Å²) in [5.74, 6) is 2.09. The molecular formula is C33H32O3. The van der Waals surface area contributed by atoms with Crippen molar-refractivity contribution in [2.24, 2.45) is 0 Å². The van der Waals surface area contributed by atoms with Crippen molar-refractivity contribution in [3.8, 4) is 17.2 Å². The van der Waals surface area contributed by atoms with E-state index in [0.29, 0.717) is 37.1 Å². The topological polar surface area (TPSA) is 27.7 Å². The highest BCUT2D eigenvalue weighted by Crippen LogP contribution is 2.30. The fraction of sp³-hybridized carbons (Fsp3) is 0.152. The predicted molar refractivity (Wildman–Crippen MR) is 148 cm³/mol. The third kappa shape index (κ3) is 7.13. The molecule has 0 unspecified atom stereocenters. The summed E-state index contributed by atoms with van der Waals surface area (Å²) in [7, 11) is 0. The lowest BCUT2D eigenvalue weighted by molar-refractivity contribution is 0.274. The molecule has 36 heavy (non-hydrogen) atoms. The van der Waals surface area contributed by atoms with Gasteiger partial charge in [0.2, 0.25) is 0 Å². The van der Waals surface area contributed by atoms with E-state index in [0.717, 1.165) is 34.2 Å². The molecule has 0 saturated carbocycles. The van der Waals surface area contributed by atoms with Crippen LogP contribution in [0.25, 0.3) is 12.2 Å². The van der Waals surface area contributed by atoms with Crippen molar-refractivity contribution < 1.29 is 14.2 Å². The quantitative estimate of drug-likeness (QED) is 0.206. The van der Waals surface area contributed by atoms with Gasteiger partial charge in [-0.05, 0) is 39.8 Å². The molecule has 3 heteroatoms. The van der Waals surface area contributed by atoms with Crippen molar-refractivity contribution in [2.75, 3.05) is 0 Å². The Morgan fingerprint density at radius 2 is 0.806 bits per heavy atom. The zero-order valence-corrected chi connectivity index (χ0v) is 20.8. The molecule has 3 nitrogen and oxygen atoms in total. The summed E-state index contributed by atoms with van der Waals surface area (Å²) >= 11 is 0. The van der Waals surface area contributed by atoms with Crippen molar-refractivity contribution in [1.29, 1.82) is 0 Å². The smallest absolute Gasteiger partial charge is 0.127 e. The van der Waals surface area contributed by atoms with E-state index in [1.807, 2.05) is 78.9 Å². The van der Waals surface area contributed by atoms with Crippen LogP contribution < -0.4 is 14.2 Å². The number of aryl methyl sites for hydroxylation is 1. The number of rotatable bonds is 12. The van der Waals surface area contributed by atoms with Crippen LogP contribution in [-0.4, -0.2) is 0 Å². The molecule has 0 amide bonds. The molecule has 0 aliphatic rings. The minimum atomic E-state index is 0.446. The van der Waals surface area contributed by atoms with Gasteiger partial charge in [-0.25, -0.2) is 0 Å². The molecule has 182 valence electrons. The van der Waals surface area contributed by atoms with E-state index in [1.165, 1.54) is 5.56 Å². The first-order chi connectivity index (χ1) is 17.6. The van der Waals surface area contributed by atoms with Crippen molar-refractivity contribution in [3.63, 3.8) is 0 Å². The fourth-order valence-corrected chi connectivity index (χ4v) is 3.67. The van der Waals surface area contributed by atoms with Gasteiger partial charge in [-0.1, -0.05) is 105 Å². The van der Waals surface area contributed by atoms with Gasteiger partial charge in [0, 0.05) is 18.2 Å². The summed E-state index contributed by atoms with van der Waals surface area (Å²) < 4.78 is 18.4. The van der Waals surface area contributed by atoms with Gasteiger partial charge >= 0.3 is 0 Å². The molecule has 0 N–H and O–H groups in total. The maximum atomic E-state index is 6.13. The van der Waals surface area contributed by atoms with Crippen LogP contribution in [-0.2, 0) is 26.2 Å². The van der Waals surface area contributed by atoms with Crippen LogP contribution in [0.4, 0.5) is 0 Å². The van der Waals surface area contributed by atoms with Gasteiger partial charge in [-0.3, -0.25) is 0 Å². The standard InChI is InChI=1S/C33H32O3/c1-4-25-7-13-28(14-8-25)22-34-31-19-32(35-23-29-15-9-26(5-2)10-16-29)21-33(20-31)36-24-30-17-11-27(6-3)12-18-30/h4-5,7-21H,1-2,6,22-24H2,3H3. The van der Waals surface area contributed by atoms with E-state index in [2.05, 4.69) is 44.3 Å². The second kappa shape index (κ2) is 12.5. The highest BCUT2D eigenvalue weighted by molar-refractivity contribution is 5.48. The largest absolute Gasteiger partial charge is 0.489 e. The van der Waals surface area contributed by atoms with Crippen molar-refractivity contribution >= 4 is 12.2 Å². The first-order valence-electron chi connectivity index (χ1n) is 12.2. The van der Waals surface area contributed by atoms with E-state index in [-0.39, 0.29) is 0 Å². The lowest BCUT2D eigenvalue weighted by Crippen LogP contribution is -2.01. The highest BCUT2D eigenvalue weighted by atomic mass is 16.5. The molecule has 0 radical (unpaired) electrons. The van der Waals surface area contributed by atoms with Gasteiger partial charge in [0.15, 0.2) is 0 Å². The lowest BCUT2D eigenvalue weighted by Gasteiger charge is -2.14. The van der Waals surface area contributed by atoms with Crippen molar-refractivity contribution in [1.82, 2.24) is 0 Å². The van der Waals surface area contributed by atoms with Crippen LogP contribution in [0.15, 0.2) is 104 Å². The van der Waals surface area contributed by atoms with Crippen molar-refractivity contribution in [3.05, 3.63) is 138 Å². The Morgan fingerprint density at radius 1 is 0.500 bits per heavy atom. The van der Waals surface area contributed by atoms with Crippen LogP contribution in [0.2, 0.25) is 0 Å². The third-order valence-corrected chi connectivity index (χ3v) is 5.93. The van der Waals surface area contributed by atoms with E-state index < -0.39 is 0 Å². The zero-order chi connectivity index (χ0) is 25.2. The molecule has 4 rings (SSSR count). The second-order valence-electron chi connectivity index (χ2n) is 8.57. The van der Waals surface area contributed by atoms with E-state index in [4.69, 9.17) is 14.2 Å². The SMILES string of the molecule is C=Cc1ccc(COc2cc(OCc3ccc(C=C)cc3)cc(OCc3ccc(CC)cc3)c2)cc1. The first-order valence-corrected chi connectivity index (χ1v) is 12.2. The number of benzene rings is 4. The maximum absolute atomic E-state index is 6.13. The predicted octanol–water partition coefficient (Wildman–Crippen LogP) is 8.27. The minimum absolute atomic E-state index is 0.446. The normalized spacial score (nSPS) is 10.5. The number of ether oxygens (including phenoxy) is 3. The molecule has 0 fully saturated rings. The Bertz CT molecular complexity index is 1200. The molecule has 0 bridgehead atoms. The van der Waals surface area contributed by atoms with Crippen LogP contribution in [0.1, 0.15) is 40.3 Å². The molecule has 0 atom stereocenters. The summed E-state index contributed by atoms with van der Waals surface area (Å²) in [6.07, 6.45) is 4.68. The summed E-state index contributed by atoms with van der Waals surface area (Å²) in [5.41, 5.74) is 6.74. The maximum Gasteiger partial charge on any atom is 0.127 e. The van der Waals surface area contributed by atoms with E-state index >= 15 is 0 Å². The Balaban J connectivity index is 1.47. The molecule has 0 saturated heterocycles. The zero-order valence-electron chi connectivity index (χ0n) is 20.8.